The summed E-state index contributed by atoms with van der Waals surface area (Å²) in [6.45, 7) is 0. The number of carbonyl (C=O) groups is 1. The van der Waals surface area contributed by atoms with Gasteiger partial charge < -0.3 is 10.6 Å². The van der Waals surface area contributed by atoms with Crippen molar-refractivity contribution in [1.82, 2.24) is 10.6 Å². The van der Waals surface area contributed by atoms with Crippen molar-refractivity contribution < 1.29 is 4.79 Å². The van der Waals surface area contributed by atoms with E-state index in [2.05, 4.69) is 10.6 Å². The van der Waals surface area contributed by atoms with Gasteiger partial charge >= 0.3 is 0 Å². The third kappa shape index (κ3) is 1.21. The Kier molecular flexibility index (Phi) is 2.00. The Morgan fingerprint density at radius 3 is 2.58 bits per heavy atom. The van der Waals surface area contributed by atoms with Gasteiger partial charge in [-0.1, -0.05) is 0 Å². The number of hydrogen-bond acceptors (Lipinski definition) is 3. The highest BCUT2D eigenvalue weighted by Gasteiger charge is 2.44. The Morgan fingerprint density at radius 2 is 2.08 bits per heavy atom. The van der Waals surface area contributed by atoms with Gasteiger partial charge in [-0.3, -0.25) is 4.79 Å². The van der Waals surface area contributed by atoms with E-state index >= 15 is 0 Å². The van der Waals surface area contributed by atoms with Crippen LogP contribution in [0.4, 0.5) is 0 Å². The molecule has 2 fully saturated rings. The first-order valence-electron chi connectivity index (χ1n) is 3.94. The molecule has 2 N–H and O–H groups in total. The molecule has 2 rings (SSSR count). The van der Waals surface area contributed by atoms with Crippen molar-refractivity contribution in [2.75, 3.05) is 11.5 Å². The summed E-state index contributed by atoms with van der Waals surface area (Å²) in [6, 6.07) is 0. The Morgan fingerprint density at radius 1 is 1.42 bits per heavy atom. The van der Waals surface area contributed by atoms with Crippen LogP contribution in [0.2, 0.25) is 0 Å². The minimum absolute atomic E-state index is 0.0628. The molecule has 0 unspecified atom stereocenters. The summed E-state index contributed by atoms with van der Waals surface area (Å²) < 4.78 is 0. The third-order valence-electron chi connectivity index (χ3n) is 2.36. The van der Waals surface area contributed by atoms with Crippen LogP contribution in [0.5, 0.6) is 0 Å². The molecule has 0 aliphatic carbocycles. The lowest BCUT2D eigenvalue weighted by Crippen LogP contribution is -2.49. The molecule has 1 amide bonds. The first kappa shape index (κ1) is 8.31. The minimum Gasteiger partial charge on any atom is -0.348 e. The lowest BCUT2D eigenvalue weighted by atomic mass is 9.93. The standard InChI is InChI=1S/C7H10N2OS2/c10-5-7(9-6(11)8-5)1-3-12-4-2-7/h1-4H2,(H2,8,9,10,11). The molecule has 0 radical (unpaired) electrons. The van der Waals surface area contributed by atoms with E-state index in [-0.39, 0.29) is 11.4 Å². The van der Waals surface area contributed by atoms with Crippen LogP contribution in [-0.4, -0.2) is 28.1 Å². The number of nitrogens with one attached hydrogen (secondary N) is 2. The van der Waals surface area contributed by atoms with Gasteiger partial charge in [-0.15, -0.1) is 0 Å². The molecule has 0 aromatic rings. The number of amides is 1. The van der Waals surface area contributed by atoms with Crippen molar-refractivity contribution in [2.24, 2.45) is 0 Å². The molecule has 66 valence electrons. The number of carbonyl (C=O) groups excluding carboxylic acids is 1. The van der Waals surface area contributed by atoms with Crippen LogP contribution in [0.25, 0.3) is 0 Å². The monoisotopic (exact) mass is 202 g/mol. The molecule has 0 aromatic carbocycles. The van der Waals surface area contributed by atoms with Crippen LogP contribution in [0, 0.1) is 0 Å². The van der Waals surface area contributed by atoms with Gasteiger partial charge in [-0.05, 0) is 36.6 Å². The van der Waals surface area contributed by atoms with Crippen LogP contribution < -0.4 is 10.6 Å². The maximum Gasteiger partial charge on any atom is 0.251 e. The van der Waals surface area contributed by atoms with Crippen molar-refractivity contribution in [2.45, 2.75) is 18.4 Å². The van der Waals surface area contributed by atoms with Gasteiger partial charge in [0.2, 0.25) is 0 Å². The van der Waals surface area contributed by atoms with E-state index in [1.165, 1.54) is 0 Å². The zero-order valence-corrected chi connectivity index (χ0v) is 8.19. The lowest BCUT2D eigenvalue weighted by Gasteiger charge is -2.29. The molecule has 0 atom stereocenters. The summed E-state index contributed by atoms with van der Waals surface area (Å²) in [5, 5.41) is 6.22. The molecule has 2 aliphatic heterocycles. The molecule has 1 spiro atoms. The second-order valence-electron chi connectivity index (χ2n) is 3.10. The molecule has 5 heteroatoms. The predicted molar refractivity (Wildman–Crippen MR) is 53.2 cm³/mol. The number of hydrogen-bond donors (Lipinski definition) is 2. The SMILES string of the molecule is O=C1NC(=S)NC12CCSCC2. The quantitative estimate of drug-likeness (QED) is 0.553. The van der Waals surface area contributed by atoms with Gasteiger partial charge in [0.05, 0.1) is 0 Å². The number of thiocarbonyl (C=S) groups is 1. The average Bonchev–Trinajstić information content (AvgIpc) is 2.29. The van der Waals surface area contributed by atoms with Crippen molar-refractivity contribution >= 4 is 35.0 Å². The fraction of sp³-hybridized carbons (Fsp3) is 0.714. The second-order valence-corrected chi connectivity index (χ2v) is 4.74. The van der Waals surface area contributed by atoms with E-state index in [9.17, 15) is 4.79 Å². The van der Waals surface area contributed by atoms with Gasteiger partial charge in [0, 0.05) is 0 Å². The highest BCUT2D eigenvalue weighted by molar-refractivity contribution is 7.99. The van der Waals surface area contributed by atoms with E-state index in [1.807, 2.05) is 11.8 Å². The van der Waals surface area contributed by atoms with Gasteiger partial charge in [0.15, 0.2) is 5.11 Å². The molecule has 2 saturated heterocycles. The normalized spacial score (nSPS) is 27.0. The fourth-order valence-corrected chi connectivity index (χ4v) is 3.08. The summed E-state index contributed by atoms with van der Waals surface area (Å²) in [5.41, 5.74) is -0.359. The first-order chi connectivity index (χ1) is 5.73. The van der Waals surface area contributed by atoms with Gasteiger partial charge in [-0.2, -0.15) is 11.8 Å². The zero-order chi connectivity index (χ0) is 8.60. The van der Waals surface area contributed by atoms with Crippen molar-refractivity contribution in [3.05, 3.63) is 0 Å². The van der Waals surface area contributed by atoms with Gasteiger partial charge in [0.1, 0.15) is 5.54 Å². The van der Waals surface area contributed by atoms with Crippen molar-refractivity contribution in [3.8, 4) is 0 Å². The topological polar surface area (TPSA) is 41.1 Å². The zero-order valence-electron chi connectivity index (χ0n) is 6.55. The molecular weight excluding hydrogens is 192 g/mol. The van der Waals surface area contributed by atoms with E-state index in [0.29, 0.717) is 5.11 Å². The molecular formula is C7H10N2OS2. The van der Waals surface area contributed by atoms with Crippen LogP contribution in [-0.2, 0) is 4.79 Å². The highest BCUT2D eigenvalue weighted by Crippen LogP contribution is 2.29. The van der Waals surface area contributed by atoms with Crippen LogP contribution >= 0.6 is 24.0 Å². The van der Waals surface area contributed by atoms with Crippen LogP contribution in [0.15, 0.2) is 0 Å². The van der Waals surface area contributed by atoms with Crippen LogP contribution in [0.3, 0.4) is 0 Å². The van der Waals surface area contributed by atoms with E-state index in [1.54, 1.807) is 0 Å². The minimum atomic E-state index is -0.359. The maximum absolute atomic E-state index is 11.5. The molecule has 2 aliphatic rings. The Hall–Kier alpha value is -0.290. The van der Waals surface area contributed by atoms with Crippen molar-refractivity contribution in [1.29, 1.82) is 0 Å². The molecule has 0 saturated carbocycles. The first-order valence-corrected chi connectivity index (χ1v) is 5.51. The second kappa shape index (κ2) is 2.88. The Balaban J connectivity index is 2.18. The average molecular weight is 202 g/mol. The number of rotatable bonds is 0. The summed E-state index contributed by atoms with van der Waals surface area (Å²) in [7, 11) is 0. The summed E-state index contributed by atoms with van der Waals surface area (Å²) in [5.74, 6) is 2.15. The van der Waals surface area contributed by atoms with E-state index in [0.717, 1.165) is 24.3 Å². The molecule has 12 heavy (non-hydrogen) atoms. The highest BCUT2D eigenvalue weighted by atomic mass is 32.2. The fourth-order valence-electron chi connectivity index (χ4n) is 1.60. The van der Waals surface area contributed by atoms with Gasteiger partial charge in [-0.25, -0.2) is 0 Å². The molecule has 2 heterocycles. The third-order valence-corrected chi connectivity index (χ3v) is 3.55. The molecule has 3 nitrogen and oxygen atoms in total. The van der Waals surface area contributed by atoms with E-state index in [4.69, 9.17) is 12.2 Å². The smallest absolute Gasteiger partial charge is 0.251 e. The van der Waals surface area contributed by atoms with Gasteiger partial charge in [0.25, 0.3) is 5.91 Å². The molecule has 0 aromatic heterocycles. The van der Waals surface area contributed by atoms with Crippen molar-refractivity contribution in [3.63, 3.8) is 0 Å². The molecule has 0 bridgehead atoms. The maximum atomic E-state index is 11.5. The van der Waals surface area contributed by atoms with E-state index < -0.39 is 0 Å². The summed E-state index contributed by atoms with van der Waals surface area (Å²) in [4.78, 5) is 11.5. The largest absolute Gasteiger partial charge is 0.348 e. The lowest BCUT2D eigenvalue weighted by molar-refractivity contribution is -0.124. The Labute approximate surface area is 80.7 Å². The predicted octanol–water partition coefficient (Wildman–Crippen LogP) is 0.256. The summed E-state index contributed by atoms with van der Waals surface area (Å²) in [6.07, 6.45) is 1.78. The van der Waals surface area contributed by atoms with Crippen LogP contribution in [0.1, 0.15) is 12.8 Å². The Bertz CT molecular complexity index is 236. The number of thioether (sulfide) groups is 1. The summed E-state index contributed by atoms with van der Waals surface area (Å²) >= 11 is 6.80.